The van der Waals surface area contributed by atoms with Crippen molar-refractivity contribution in [1.29, 1.82) is 0 Å². The summed E-state index contributed by atoms with van der Waals surface area (Å²) in [4.78, 5) is 3.16. The largest absolute Gasteiger partial charge is 0.438 e. The van der Waals surface area contributed by atoms with Gasteiger partial charge < -0.3 is 5.11 Å². The third-order valence-electron chi connectivity index (χ3n) is 2.49. The van der Waals surface area contributed by atoms with Crippen molar-refractivity contribution >= 4 is 32.3 Å². The lowest BCUT2D eigenvalue weighted by Gasteiger charge is -2.37. The van der Waals surface area contributed by atoms with Crippen LogP contribution in [0.2, 0.25) is 0 Å². The molecule has 0 radical (unpaired) electrons. The van der Waals surface area contributed by atoms with E-state index in [1.165, 1.54) is 5.55 Å². The zero-order chi connectivity index (χ0) is 13.8. The van der Waals surface area contributed by atoms with Gasteiger partial charge in [0, 0.05) is 12.7 Å². The molecule has 11 heteroatoms. The molecule has 0 aromatic heterocycles. The molecular formula is C7H8F3N3O3S2. The van der Waals surface area contributed by atoms with Crippen LogP contribution in [0, 0.1) is 0 Å². The summed E-state index contributed by atoms with van der Waals surface area (Å²) in [6.45, 7) is 0. The SMILES string of the molecule is CS(=O)(=O)[C@@H]1C[C@@](O)(C(F)(F)F)N=C2SC=NN21. The van der Waals surface area contributed by atoms with Gasteiger partial charge in [0.1, 0.15) is 0 Å². The molecule has 2 heterocycles. The number of aliphatic hydroxyl groups is 1. The highest BCUT2D eigenvalue weighted by molar-refractivity contribution is 8.25. The maximum atomic E-state index is 12.7. The molecule has 0 aliphatic carbocycles. The van der Waals surface area contributed by atoms with Crippen LogP contribution < -0.4 is 0 Å². The molecule has 6 nitrogen and oxygen atoms in total. The van der Waals surface area contributed by atoms with Gasteiger partial charge in [0.15, 0.2) is 20.4 Å². The average molecular weight is 303 g/mol. The molecule has 0 bridgehead atoms. The summed E-state index contributed by atoms with van der Waals surface area (Å²) in [6, 6.07) is 0. The quantitative estimate of drug-likeness (QED) is 0.756. The van der Waals surface area contributed by atoms with E-state index in [4.69, 9.17) is 0 Å². The second-order valence-corrected chi connectivity index (χ2v) is 6.90. The van der Waals surface area contributed by atoms with Gasteiger partial charge in [-0.25, -0.2) is 18.4 Å². The van der Waals surface area contributed by atoms with E-state index in [-0.39, 0.29) is 5.17 Å². The Morgan fingerprint density at radius 3 is 2.72 bits per heavy atom. The fourth-order valence-corrected chi connectivity index (χ4v) is 3.39. The minimum Gasteiger partial charge on any atom is -0.362 e. The van der Waals surface area contributed by atoms with Crippen LogP contribution in [0.5, 0.6) is 0 Å². The Morgan fingerprint density at radius 2 is 2.22 bits per heavy atom. The van der Waals surface area contributed by atoms with Crippen LogP contribution in [-0.2, 0) is 9.84 Å². The fourth-order valence-electron chi connectivity index (χ4n) is 1.55. The first kappa shape index (κ1) is 13.6. The number of hydrogen-bond acceptors (Lipinski definition) is 7. The number of alkyl halides is 3. The van der Waals surface area contributed by atoms with Crippen LogP contribution in [0.3, 0.4) is 0 Å². The average Bonchev–Trinajstić information content (AvgIpc) is 2.60. The predicted octanol–water partition coefficient (Wildman–Crippen LogP) is 0.360. The van der Waals surface area contributed by atoms with Crippen molar-refractivity contribution in [3.05, 3.63) is 0 Å². The first-order chi connectivity index (χ1) is 8.05. The lowest BCUT2D eigenvalue weighted by Crippen LogP contribution is -2.55. The molecule has 0 fully saturated rings. The molecule has 1 N–H and O–H groups in total. The highest BCUT2D eigenvalue weighted by atomic mass is 32.2. The van der Waals surface area contributed by atoms with Gasteiger partial charge in [0.2, 0.25) is 0 Å². The second kappa shape index (κ2) is 3.84. The van der Waals surface area contributed by atoms with Crippen molar-refractivity contribution < 1.29 is 26.7 Å². The molecule has 2 aliphatic rings. The molecule has 0 aromatic carbocycles. The highest BCUT2D eigenvalue weighted by Gasteiger charge is 2.60. The standard InChI is InChI=1S/C7H8F3N3O3S2/c1-18(15,16)4-2-6(14,7(8,9)10)12-5-13(4)11-3-17-5/h3-4,14H,2H2,1H3/t4-,6-/m1/s1. The number of aliphatic imine (C=N–C) groups is 1. The molecule has 0 saturated heterocycles. The van der Waals surface area contributed by atoms with Crippen LogP contribution in [0.1, 0.15) is 6.42 Å². The summed E-state index contributed by atoms with van der Waals surface area (Å²) in [5.41, 5.74) is -2.23. The second-order valence-electron chi connectivity index (χ2n) is 3.88. The first-order valence-electron chi connectivity index (χ1n) is 4.61. The van der Waals surface area contributed by atoms with E-state index in [1.54, 1.807) is 0 Å². The van der Waals surface area contributed by atoms with E-state index >= 15 is 0 Å². The number of sulfone groups is 1. The number of halogens is 3. The maximum absolute atomic E-state index is 12.7. The minimum atomic E-state index is -5.04. The van der Waals surface area contributed by atoms with Crippen LogP contribution in [-0.4, -0.2) is 52.8 Å². The van der Waals surface area contributed by atoms with E-state index in [1.807, 2.05) is 0 Å². The van der Waals surface area contributed by atoms with Gasteiger partial charge in [-0.2, -0.15) is 18.3 Å². The molecule has 2 aliphatic heterocycles. The Labute approximate surface area is 104 Å². The smallest absolute Gasteiger partial charge is 0.362 e. The van der Waals surface area contributed by atoms with Crippen LogP contribution >= 0.6 is 11.8 Å². The lowest BCUT2D eigenvalue weighted by atomic mass is 10.1. The van der Waals surface area contributed by atoms with E-state index in [0.717, 1.165) is 23.0 Å². The number of hydrogen-bond donors (Lipinski definition) is 1. The van der Waals surface area contributed by atoms with Gasteiger partial charge in [0.05, 0.1) is 5.55 Å². The van der Waals surface area contributed by atoms with Gasteiger partial charge in [-0.15, -0.1) is 0 Å². The van der Waals surface area contributed by atoms with Crippen LogP contribution in [0.15, 0.2) is 10.1 Å². The van der Waals surface area contributed by atoms with Crippen molar-refractivity contribution in [3.63, 3.8) is 0 Å². The molecule has 0 aromatic rings. The predicted molar refractivity (Wildman–Crippen MR) is 59.6 cm³/mol. The number of hydrazone groups is 1. The molecule has 18 heavy (non-hydrogen) atoms. The summed E-state index contributed by atoms with van der Waals surface area (Å²) in [7, 11) is -3.85. The summed E-state index contributed by atoms with van der Waals surface area (Å²) in [5.74, 6) is 0. The van der Waals surface area contributed by atoms with Crippen molar-refractivity contribution in [1.82, 2.24) is 5.01 Å². The molecule has 102 valence electrons. The van der Waals surface area contributed by atoms with Crippen molar-refractivity contribution in [3.8, 4) is 0 Å². The number of thioether (sulfide) groups is 1. The van der Waals surface area contributed by atoms with Crippen molar-refractivity contribution in [2.24, 2.45) is 10.1 Å². The first-order valence-corrected chi connectivity index (χ1v) is 7.44. The molecule has 0 spiro atoms. The maximum Gasteiger partial charge on any atom is 0.438 e. The van der Waals surface area contributed by atoms with Gasteiger partial charge in [-0.1, -0.05) is 0 Å². The topological polar surface area (TPSA) is 82.3 Å². The summed E-state index contributed by atoms with van der Waals surface area (Å²) >= 11 is 0.724. The summed E-state index contributed by atoms with van der Waals surface area (Å²) < 4.78 is 61.1. The number of rotatable bonds is 1. The fraction of sp³-hybridized carbons (Fsp3) is 0.714. The molecule has 2 atom stereocenters. The zero-order valence-electron chi connectivity index (χ0n) is 8.92. The molecular weight excluding hydrogens is 295 g/mol. The highest BCUT2D eigenvalue weighted by Crippen LogP contribution is 2.42. The molecule has 2 rings (SSSR count). The Kier molecular flexibility index (Phi) is 2.91. The van der Waals surface area contributed by atoms with E-state index < -0.39 is 33.5 Å². The number of amidine groups is 1. The van der Waals surface area contributed by atoms with Crippen LogP contribution in [0.4, 0.5) is 13.2 Å². The zero-order valence-corrected chi connectivity index (χ0v) is 10.6. The molecule has 0 unspecified atom stereocenters. The third kappa shape index (κ3) is 2.10. The minimum absolute atomic E-state index is 0.281. The molecule has 0 amide bonds. The Bertz CT molecular complexity index is 530. The summed E-state index contributed by atoms with van der Waals surface area (Å²) in [5, 5.41) is 12.2. The van der Waals surface area contributed by atoms with Gasteiger partial charge in [-0.05, 0) is 11.8 Å². The van der Waals surface area contributed by atoms with Gasteiger partial charge in [-0.3, -0.25) is 0 Å². The van der Waals surface area contributed by atoms with Gasteiger partial charge in [0.25, 0.3) is 5.72 Å². The van der Waals surface area contributed by atoms with Crippen molar-refractivity contribution in [2.45, 2.75) is 23.7 Å². The van der Waals surface area contributed by atoms with Crippen LogP contribution in [0.25, 0.3) is 0 Å². The number of fused-ring (bicyclic) bond motifs is 1. The number of nitrogens with zero attached hydrogens (tertiary/aromatic N) is 3. The monoisotopic (exact) mass is 303 g/mol. The Hall–Kier alpha value is -0.810. The Balaban J connectivity index is 2.50. The normalized spacial score (nSPS) is 32.4. The van der Waals surface area contributed by atoms with E-state index in [0.29, 0.717) is 0 Å². The Morgan fingerprint density at radius 1 is 1.61 bits per heavy atom. The molecule has 0 saturated carbocycles. The summed E-state index contributed by atoms with van der Waals surface area (Å²) in [6.07, 6.45) is -5.36. The van der Waals surface area contributed by atoms with Gasteiger partial charge >= 0.3 is 6.18 Å². The van der Waals surface area contributed by atoms with Crippen molar-refractivity contribution in [2.75, 3.05) is 6.26 Å². The van der Waals surface area contributed by atoms with E-state index in [9.17, 15) is 26.7 Å². The lowest BCUT2D eigenvalue weighted by molar-refractivity contribution is -0.262. The van der Waals surface area contributed by atoms with E-state index in [2.05, 4.69) is 10.1 Å². The third-order valence-corrected chi connectivity index (χ3v) is 4.53.